The summed E-state index contributed by atoms with van der Waals surface area (Å²) < 4.78 is 0. The van der Waals surface area contributed by atoms with Gasteiger partial charge in [0.25, 0.3) is 0 Å². The number of carbonyl (C=O) groups excluding carboxylic acids is 4. The number of hydrogen-bond acceptors (Lipinski definition) is 6. The number of rotatable bonds is 14. The minimum absolute atomic E-state index is 0.0426. The zero-order valence-electron chi connectivity index (χ0n) is 18.9. The molecule has 0 saturated carbocycles. The number of nitrogens with one attached hydrogen (secondary N) is 3. The second-order valence-electron chi connectivity index (χ2n) is 7.92. The lowest BCUT2D eigenvalue weighted by atomic mass is 9.94. The summed E-state index contributed by atoms with van der Waals surface area (Å²) in [5, 5.41) is 16.6. The predicted octanol–water partition coefficient (Wildman–Crippen LogP) is -0.770. The van der Waals surface area contributed by atoms with Crippen LogP contribution >= 0.6 is 0 Å². The quantitative estimate of drug-likeness (QED) is 0.203. The van der Waals surface area contributed by atoms with Crippen LogP contribution in [0.15, 0.2) is 0 Å². The van der Waals surface area contributed by atoms with Gasteiger partial charge in [0.05, 0.1) is 6.04 Å². The molecule has 31 heavy (non-hydrogen) atoms. The molecule has 0 aromatic carbocycles. The van der Waals surface area contributed by atoms with E-state index in [0.717, 1.165) is 0 Å². The normalized spacial score (nSPS) is 16.7. The summed E-state index contributed by atoms with van der Waals surface area (Å²) in [7, 11) is 0. The Bertz CT molecular complexity index is 656. The standard InChI is InChI=1S/C20H37N5O6/c1-6-10(3)15(18(28)23-12(5)20(30)31)25-19(29)16(11(4)7-2)24-17(27)13(21)8-9-14(22)26/h10-13,15-16H,6-9,21H2,1-5H3,(H2,22,26)(H,23,28)(H,24,27)(H,25,29)(H,30,31). The van der Waals surface area contributed by atoms with E-state index in [2.05, 4.69) is 16.0 Å². The minimum atomic E-state index is -1.20. The minimum Gasteiger partial charge on any atom is -0.480 e. The number of hydrogen-bond donors (Lipinski definition) is 6. The van der Waals surface area contributed by atoms with Crippen LogP contribution in [0.5, 0.6) is 0 Å². The summed E-state index contributed by atoms with van der Waals surface area (Å²) in [5.41, 5.74) is 10.9. The van der Waals surface area contributed by atoms with Gasteiger partial charge in [0, 0.05) is 6.42 Å². The molecule has 0 rings (SSSR count). The van der Waals surface area contributed by atoms with E-state index in [1.165, 1.54) is 6.92 Å². The van der Waals surface area contributed by atoms with Gasteiger partial charge >= 0.3 is 5.97 Å². The lowest BCUT2D eigenvalue weighted by molar-refractivity contribution is -0.142. The fourth-order valence-electron chi connectivity index (χ4n) is 2.70. The van der Waals surface area contributed by atoms with E-state index in [4.69, 9.17) is 16.6 Å². The number of carboxylic acid groups (broad SMARTS) is 1. The highest BCUT2D eigenvalue weighted by molar-refractivity contribution is 5.94. The Balaban J connectivity index is 5.43. The van der Waals surface area contributed by atoms with E-state index in [-0.39, 0.29) is 24.7 Å². The lowest BCUT2D eigenvalue weighted by Crippen LogP contribution is -2.59. The van der Waals surface area contributed by atoms with Crippen LogP contribution in [0.25, 0.3) is 0 Å². The molecule has 0 aromatic heterocycles. The van der Waals surface area contributed by atoms with Gasteiger partial charge in [-0.1, -0.05) is 40.5 Å². The van der Waals surface area contributed by atoms with Gasteiger partial charge in [-0.15, -0.1) is 0 Å². The van der Waals surface area contributed by atoms with Gasteiger partial charge in [-0.2, -0.15) is 0 Å². The van der Waals surface area contributed by atoms with Gasteiger partial charge in [-0.25, -0.2) is 0 Å². The Labute approximate surface area is 183 Å². The molecular weight excluding hydrogens is 406 g/mol. The van der Waals surface area contributed by atoms with Crippen LogP contribution in [0.4, 0.5) is 0 Å². The van der Waals surface area contributed by atoms with Crippen molar-refractivity contribution in [2.24, 2.45) is 23.3 Å². The van der Waals surface area contributed by atoms with Gasteiger partial charge in [-0.05, 0) is 25.2 Å². The van der Waals surface area contributed by atoms with Crippen molar-refractivity contribution >= 4 is 29.6 Å². The van der Waals surface area contributed by atoms with E-state index in [1.807, 2.05) is 13.8 Å². The molecule has 0 aliphatic heterocycles. The number of carboxylic acids is 1. The average molecular weight is 444 g/mol. The molecule has 178 valence electrons. The number of amides is 4. The zero-order valence-corrected chi connectivity index (χ0v) is 18.9. The third-order valence-corrected chi connectivity index (χ3v) is 5.35. The van der Waals surface area contributed by atoms with Crippen molar-refractivity contribution in [2.45, 2.75) is 84.5 Å². The Hall–Kier alpha value is -2.69. The molecule has 8 N–H and O–H groups in total. The van der Waals surface area contributed by atoms with Gasteiger partial charge in [0.15, 0.2) is 0 Å². The van der Waals surface area contributed by atoms with Crippen LogP contribution in [0.3, 0.4) is 0 Å². The molecule has 6 atom stereocenters. The third-order valence-electron chi connectivity index (χ3n) is 5.35. The molecule has 0 bridgehead atoms. The third kappa shape index (κ3) is 9.77. The molecule has 6 unspecified atom stereocenters. The maximum Gasteiger partial charge on any atom is 0.325 e. The van der Waals surface area contributed by atoms with Crippen molar-refractivity contribution in [2.75, 3.05) is 0 Å². The number of nitrogens with two attached hydrogens (primary N) is 2. The summed E-state index contributed by atoms with van der Waals surface area (Å²) >= 11 is 0. The van der Waals surface area contributed by atoms with Crippen molar-refractivity contribution in [1.29, 1.82) is 0 Å². The lowest BCUT2D eigenvalue weighted by Gasteiger charge is -2.29. The van der Waals surface area contributed by atoms with Gasteiger partial charge in [0.1, 0.15) is 18.1 Å². The van der Waals surface area contributed by atoms with Crippen LogP contribution in [-0.4, -0.2) is 58.9 Å². The second-order valence-corrected chi connectivity index (χ2v) is 7.92. The first-order valence-corrected chi connectivity index (χ1v) is 10.5. The molecule has 0 aromatic rings. The monoisotopic (exact) mass is 443 g/mol. The molecule has 4 amide bonds. The van der Waals surface area contributed by atoms with Gasteiger partial charge in [0.2, 0.25) is 23.6 Å². The van der Waals surface area contributed by atoms with Crippen LogP contribution in [0.1, 0.15) is 60.3 Å². The Morgan fingerprint density at radius 3 is 1.61 bits per heavy atom. The fraction of sp³-hybridized carbons (Fsp3) is 0.750. The Morgan fingerprint density at radius 1 is 0.806 bits per heavy atom. The van der Waals surface area contributed by atoms with Gasteiger partial charge in [-0.3, -0.25) is 24.0 Å². The maximum absolute atomic E-state index is 13.0. The first-order valence-electron chi connectivity index (χ1n) is 10.5. The molecule has 0 aliphatic rings. The van der Waals surface area contributed by atoms with E-state index in [0.29, 0.717) is 12.8 Å². The van der Waals surface area contributed by atoms with Crippen LogP contribution in [0, 0.1) is 11.8 Å². The summed E-state index contributed by atoms with van der Waals surface area (Å²) in [4.78, 5) is 59.9. The highest BCUT2D eigenvalue weighted by Gasteiger charge is 2.33. The van der Waals surface area contributed by atoms with Crippen LogP contribution in [0.2, 0.25) is 0 Å². The van der Waals surface area contributed by atoms with E-state index in [1.54, 1.807) is 13.8 Å². The van der Waals surface area contributed by atoms with Crippen molar-refractivity contribution in [1.82, 2.24) is 16.0 Å². The molecule has 0 saturated heterocycles. The smallest absolute Gasteiger partial charge is 0.325 e. The molecule has 0 heterocycles. The summed E-state index contributed by atoms with van der Waals surface area (Å²) in [5.74, 6) is -4.14. The van der Waals surface area contributed by atoms with Crippen molar-refractivity contribution in [3.05, 3.63) is 0 Å². The molecule has 0 aliphatic carbocycles. The summed E-state index contributed by atoms with van der Waals surface area (Å²) in [6.07, 6.45) is 1.09. The maximum atomic E-state index is 13.0. The molecule has 0 radical (unpaired) electrons. The van der Waals surface area contributed by atoms with Crippen LogP contribution < -0.4 is 27.4 Å². The highest BCUT2D eigenvalue weighted by atomic mass is 16.4. The van der Waals surface area contributed by atoms with Gasteiger partial charge < -0.3 is 32.5 Å². The summed E-state index contributed by atoms with van der Waals surface area (Å²) in [6.45, 7) is 8.53. The van der Waals surface area contributed by atoms with Crippen LogP contribution in [-0.2, 0) is 24.0 Å². The first-order chi connectivity index (χ1) is 14.3. The first kappa shape index (κ1) is 28.3. The van der Waals surface area contributed by atoms with Crippen molar-refractivity contribution in [3.63, 3.8) is 0 Å². The number of aliphatic carboxylic acids is 1. The largest absolute Gasteiger partial charge is 0.480 e. The predicted molar refractivity (Wildman–Crippen MR) is 114 cm³/mol. The topological polar surface area (TPSA) is 194 Å². The van der Waals surface area contributed by atoms with E-state index >= 15 is 0 Å². The Kier molecular flexibility index (Phi) is 12.4. The fourth-order valence-corrected chi connectivity index (χ4v) is 2.70. The second kappa shape index (κ2) is 13.6. The highest BCUT2D eigenvalue weighted by Crippen LogP contribution is 2.13. The van der Waals surface area contributed by atoms with Crippen molar-refractivity contribution in [3.8, 4) is 0 Å². The SMILES string of the molecule is CCC(C)C(NC(=O)C(N)CCC(N)=O)C(=O)NC(C(=O)NC(C)C(=O)O)C(C)CC. The summed E-state index contributed by atoms with van der Waals surface area (Å²) in [6, 6.07) is -4.08. The van der Waals surface area contributed by atoms with Crippen molar-refractivity contribution < 1.29 is 29.1 Å². The van der Waals surface area contributed by atoms with E-state index in [9.17, 15) is 24.0 Å². The number of carbonyl (C=O) groups is 5. The zero-order chi connectivity index (χ0) is 24.3. The average Bonchev–Trinajstić information content (AvgIpc) is 2.71. The van der Waals surface area contributed by atoms with E-state index < -0.39 is 53.8 Å². The molecule has 0 fully saturated rings. The molecule has 11 heteroatoms. The molecule has 11 nitrogen and oxygen atoms in total. The number of primary amides is 1. The molecule has 0 spiro atoms. The molecular formula is C20H37N5O6. The Morgan fingerprint density at radius 2 is 1.23 bits per heavy atom.